The second-order valence-electron chi connectivity index (χ2n) is 2.18. The second-order valence-corrected chi connectivity index (χ2v) is 2.18. The van der Waals surface area contributed by atoms with Gasteiger partial charge in [0.2, 0.25) is 0 Å². The molecule has 0 spiro atoms. The fraction of sp³-hybridized carbons (Fsp3) is 0.571. The normalized spacial score (nSPS) is 10.3. The number of hydrogen-bond donors (Lipinski definition) is 1. The zero-order valence-corrected chi connectivity index (χ0v) is 6.66. The van der Waals surface area contributed by atoms with Crippen molar-refractivity contribution in [3.05, 3.63) is 12.4 Å². The predicted molar refractivity (Wildman–Crippen MR) is 43.1 cm³/mol. The van der Waals surface area contributed by atoms with E-state index in [4.69, 9.17) is 10.5 Å². The molecule has 1 aromatic heterocycles. The number of nitrogen functional groups attached to an aromatic ring is 1. The van der Waals surface area contributed by atoms with Crippen LogP contribution < -0.4 is 5.73 Å². The molecule has 62 valence electrons. The van der Waals surface area contributed by atoms with Crippen molar-refractivity contribution < 1.29 is 4.74 Å². The number of aromatic nitrogens is 2. The first-order valence-corrected chi connectivity index (χ1v) is 3.69. The Hall–Kier alpha value is -1.03. The molecule has 0 amide bonds. The molecular weight excluding hydrogens is 142 g/mol. The highest BCUT2D eigenvalue weighted by Crippen LogP contribution is 1.97. The highest BCUT2D eigenvalue weighted by Gasteiger charge is 1.94. The van der Waals surface area contributed by atoms with Gasteiger partial charge in [-0.1, -0.05) is 0 Å². The van der Waals surface area contributed by atoms with Crippen LogP contribution in [0.15, 0.2) is 12.4 Å². The minimum atomic E-state index is 0.546. The van der Waals surface area contributed by atoms with Crippen molar-refractivity contribution in [3.63, 3.8) is 0 Å². The number of nitrogens with zero attached hydrogens (tertiary/aromatic N) is 2. The third-order valence-electron chi connectivity index (χ3n) is 1.43. The van der Waals surface area contributed by atoms with Crippen LogP contribution in [-0.2, 0) is 11.3 Å². The number of hydrogen-bond acceptors (Lipinski definition) is 3. The summed E-state index contributed by atoms with van der Waals surface area (Å²) in [6.45, 7) is 4.18. The molecule has 0 aliphatic heterocycles. The Morgan fingerprint density at radius 2 is 2.55 bits per heavy atom. The van der Waals surface area contributed by atoms with Gasteiger partial charge in [0.05, 0.1) is 6.61 Å². The summed E-state index contributed by atoms with van der Waals surface area (Å²) in [5, 5.41) is 0. The summed E-state index contributed by atoms with van der Waals surface area (Å²) < 4.78 is 7.01. The molecule has 1 aromatic rings. The lowest BCUT2D eigenvalue weighted by atomic mass is 10.6. The van der Waals surface area contributed by atoms with E-state index >= 15 is 0 Å². The Labute approximate surface area is 66.0 Å². The molecule has 2 N–H and O–H groups in total. The summed E-state index contributed by atoms with van der Waals surface area (Å²) in [5.41, 5.74) is 5.52. The molecule has 0 aliphatic rings. The molecule has 0 fully saturated rings. The summed E-state index contributed by atoms with van der Waals surface area (Å²) in [6.07, 6.45) is 3.52. The summed E-state index contributed by atoms with van der Waals surface area (Å²) in [5.74, 6) is 0.546. The van der Waals surface area contributed by atoms with Gasteiger partial charge in [-0.2, -0.15) is 0 Å². The molecule has 4 heteroatoms. The fourth-order valence-corrected chi connectivity index (χ4v) is 0.837. The van der Waals surface area contributed by atoms with E-state index < -0.39 is 0 Å². The molecule has 0 radical (unpaired) electrons. The van der Waals surface area contributed by atoms with Crippen LogP contribution in [0.4, 0.5) is 5.95 Å². The molecule has 0 saturated heterocycles. The van der Waals surface area contributed by atoms with Gasteiger partial charge in [0, 0.05) is 25.5 Å². The third-order valence-corrected chi connectivity index (χ3v) is 1.43. The van der Waals surface area contributed by atoms with E-state index in [0.29, 0.717) is 12.6 Å². The Morgan fingerprint density at radius 3 is 3.09 bits per heavy atom. The quantitative estimate of drug-likeness (QED) is 0.644. The van der Waals surface area contributed by atoms with Crippen molar-refractivity contribution in [2.45, 2.75) is 13.5 Å². The van der Waals surface area contributed by atoms with Crippen molar-refractivity contribution in [1.29, 1.82) is 0 Å². The van der Waals surface area contributed by atoms with Gasteiger partial charge in [-0.25, -0.2) is 4.98 Å². The number of imidazole rings is 1. The maximum absolute atomic E-state index is 5.52. The third kappa shape index (κ3) is 2.23. The van der Waals surface area contributed by atoms with Gasteiger partial charge in [-0.05, 0) is 6.92 Å². The minimum absolute atomic E-state index is 0.546. The molecule has 11 heavy (non-hydrogen) atoms. The van der Waals surface area contributed by atoms with E-state index in [0.717, 1.165) is 13.2 Å². The van der Waals surface area contributed by atoms with Crippen LogP contribution in [0.25, 0.3) is 0 Å². The van der Waals surface area contributed by atoms with Crippen LogP contribution in [0.1, 0.15) is 6.92 Å². The van der Waals surface area contributed by atoms with Crippen molar-refractivity contribution in [3.8, 4) is 0 Å². The molecule has 1 rings (SSSR count). The fourth-order valence-electron chi connectivity index (χ4n) is 0.837. The lowest BCUT2D eigenvalue weighted by Crippen LogP contribution is -2.07. The zero-order chi connectivity index (χ0) is 8.10. The predicted octanol–water partition coefficient (Wildman–Crippen LogP) is 0.502. The molecule has 0 aromatic carbocycles. The molecule has 1 heterocycles. The van der Waals surface area contributed by atoms with Crippen LogP contribution >= 0.6 is 0 Å². The van der Waals surface area contributed by atoms with Crippen LogP contribution in [-0.4, -0.2) is 22.8 Å². The Balaban J connectivity index is 2.32. The Kier molecular flexibility index (Phi) is 2.92. The smallest absolute Gasteiger partial charge is 0.200 e. The van der Waals surface area contributed by atoms with Crippen LogP contribution in [0.2, 0.25) is 0 Å². The zero-order valence-electron chi connectivity index (χ0n) is 6.66. The number of rotatable bonds is 4. The average Bonchev–Trinajstić information content (AvgIpc) is 2.37. The number of ether oxygens (including phenoxy) is 1. The molecule has 0 unspecified atom stereocenters. The first-order chi connectivity index (χ1) is 5.34. The van der Waals surface area contributed by atoms with Crippen molar-refractivity contribution in [2.24, 2.45) is 0 Å². The average molecular weight is 155 g/mol. The molecule has 0 atom stereocenters. The first kappa shape index (κ1) is 8.07. The SMILES string of the molecule is CCOCCn1ccnc1N. The topological polar surface area (TPSA) is 53.1 Å². The first-order valence-electron chi connectivity index (χ1n) is 3.69. The molecular formula is C7H13N3O. The van der Waals surface area contributed by atoms with Gasteiger partial charge < -0.3 is 15.0 Å². The summed E-state index contributed by atoms with van der Waals surface area (Å²) in [7, 11) is 0. The van der Waals surface area contributed by atoms with Gasteiger partial charge >= 0.3 is 0 Å². The van der Waals surface area contributed by atoms with Gasteiger partial charge in [0.15, 0.2) is 5.95 Å². The van der Waals surface area contributed by atoms with Crippen molar-refractivity contribution >= 4 is 5.95 Å². The monoisotopic (exact) mass is 155 g/mol. The van der Waals surface area contributed by atoms with E-state index in [1.807, 2.05) is 17.7 Å². The molecule has 4 nitrogen and oxygen atoms in total. The van der Waals surface area contributed by atoms with E-state index in [2.05, 4.69) is 4.98 Å². The summed E-state index contributed by atoms with van der Waals surface area (Å²) in [6, 6.07) is 0. The summed E-state index contributed by atoms with van der Waals surface area (Å²) >= 11 is 0. The number of nitrogens with two attached hydrogens (primary N) is 1. The van der Waals surface area contributed by atoms with E-state index in [1.165, 1.54) is 0 Å². The van der Waals surface area contributed by atoms with Crippen molar-refractivity contribution in [1.82, 2.24) is 9.55 Å². The maximum atomic E-state index is 5.52. The lowest BCUT2D eigenvalue weighted by molar-refractivity contribution is 0.139. The van der Waals surface area contributed by atoms with Gasteiger partial charge in [-0.15, -0.1) is 0 Å². The standard InChI is InChI=1S/C7H13N3O/c1-2-11-6-5-10-4-3-9-7(10)8/h3-4H,2,5-6H2,1H3,(H2,8,9). The molecule has 0 bridgehead atoms. The summed E-state index contributed by atoms with van der Waals surface area (Å²) in [4.78, 5) is 3.88. The second kappa shape index (κ2) is 3.98. The van der Waals surface area contributed by atoms with Gasteiger partial charge in [-0.3, -0.25) is 0 Å². The lowest BCUT2D eigenvalue weighted by Gasteiger charge is -2.03. The Bertz CT molecular complexity index is 209. The van der Waals surface area contributed by atoms with E-state index in [1.54, 1.807) is 6.20 Å². The highest BCUT2D eigenvalue weighted by atomic mass is 16.5. The van der Waals surface area contributed by atoms with Crippen LogP contribution in [0.3, 0.4) is 0 Å². The van der Waals surface area contributed by atoms with E-state index in [9.17, 15) is 0 Å². The van der Waals surface area contributed by atoms with Gasteiger partial charge in [0.1, 0.15) is 0 Å². The number of anilines is 1. The maximum Gasteiger partial charge on any atom is 0.200 e. The van der Waals surface area contributed by atoms with E-state index in [-0.39, 0.29) is 0 Å². The molecule has 0 saturated carbocycles. The Morgan fingerprint density at radius 1 is 1.73 bits per heavy atom. The minimum Gasteiger partial charge on any atom is -0.380 e. The van der Waals surface area contributed by atoms with Crippen LogP contribution in [0, 0.1) is 0 Å². The molecule has 0 aliphatic carbocycles. The van der Waals surface area contributed by atoms with Crippen molar-refractivity contribution in [2.75, 3.05) is 18.9 Å². The van der Waals surface area contributed by atoms with Gasteiger partial charge in [0.25, 0.3) is 0 Å². The highest BCUT2D eigenvalue weighted by molar-refractivity contribution is 5.16. The van der Waals surface area contributed by atoms with Crippen LogP contribution in [0.5, 0.6) is 0 Å². The largest absolute Gasteiger partial charge is 0.380 e.